The summed E-state index contributed by atoms with van der Waals surface area (Å²) in [6.07, 6.45) is 0.689. The largest absolute Gasteiger partial charge is 0.466 e. The molecule has 0 amide bonds. The molecule has 4 rings (SSSR count). The summed E-state index contributed by atoms with van der Waals surface area (Å²) in [4.78, 5) is 12.4. The van der Waals surface area contributed by atoms with Gasteiger partial charge in [-0.15, -0.1) is 11.8 Å². The van der Waals surface area contributed by atoms with E-state index in [-0.39, 0.29) is 5.97 Å². The van der Waals surface area contributed by atoms with Crippen molar-refractivity contribution in [3.63, 3.8) is 0 Å². The number of methoxy groups -OCH3 is 1. The van der Waals surface area contributed by atoms with Crippen molar-refractivity contribution < 1.29 is 9.53 Å². The van der Waals surface area contributed by atoms with Crippen LogP contribution in [0.1, 0.15) is 6.42 Å². The fraction of sp³-hybridized carbons (Fsp3) is 0.125. The minimum absolute atomic E-state index is 0.277. The van der Waals surface area contributed by atoms with E-state index in [2.05, 4.69) is 72.8 Å². The molecule has 146 valence electrons. The van der Waals surface area contributed by atoms with Gasteiger partial charge in [0.1, 0.15) is 5.03 Å². The topological polar surface area (TPSA) is 38.7 Å². The Kier molecular flexibility index (Phi) is 6.03. The van der Waals surface area contributed by atoms with Gasteiger partial charge < -0.3 is 4.74 Å². The molecule has 1 aliphatic heterocycles. The molecule has 3 nitrogen and oxygen atoms in total. The number of ether oxygens (including phenoxy) is 1. The summed E-state index contributed by atoms with van der Waals surface area (Å²) < 4.78 is 10.5. The van der Waals surface area contributed by atoms with Crippen molar-refractivity contribution in [2.75, 3.05) is 12.9 Å². The van der Waals surface area contributed by atoms with Gasteiger partial charge in [-0.05, 0) is 6.42 Å². The Morgan fingerprint density at radius 3 is 1.69 bits per heavy atom. The molecule has 0 aromatic heterocycles. The van der Waals surface area contributed by atoms with E-state index in [4.69, 9.17) is 9.48 Å². The highest BCUT2D eigenvalue weighted by atomic mass is 32.2. The minimum atomic E-state index is -2.35. The second-order valence-electron chi connectivity index (χ2n) is 6.62. The summed E-state index contributed by atoms with van der Waals surface area (Å²) >= 11 is 1.64. The fourth-order valence-corrected chi connectivity index (χ4v) is 8.44. The lowest BCUT2D eigenvalue weighted by molar-refractivity contribution is -0.136. The van der Waals surface area contributed by atoms with Crippen molar-refractivity contribution in [1.82, 2.24) is 0 Å². The van der Waals surface area contributed by atoms with E-state index in [1.165, 1.54) is 23.0 Å². The zero-order chi connectivity index (χ0) is 20.1. The predicted molar refractivity (Wildman–Crippen MR) is 124 cm³/mol. The van der Waals surface area contributed by atoms with Crippen molar-refractivity contribution in [2.45, 2.75) is 6.42 Å². The molecule has 1 aliphatic rings. The van der Waals surface area contributed by atoms with Crippen LogP contribution in [0.2, 0.25) is 0 Å². The standard InChI is InChI=1S/C24H22NO2PS/c1-27-24(26)22-17-18-29-23(22)25-28(19-11-5-2-6-12-19,20-13-7-3-8-14-20)21-15-9-4-10-16-21/h2-16H,17-18H2,1H3. The average Bonchev–Trinajstić information content (AvgIpc) is 3.27. The maximum Gasteiger partial charge on any atom is 0.336 e. The lowest BCUT2D eigenvalue weighted by Crippen LogP contribution is -2.25. The van der Waals surface area contributed by atoms with Crippen molar-refractivity contribution in [3.05, 3.63) is 102 Å². The molecular formula is C24H22NO2PS. The van der Waals surface area contributed by atoms with Crippen molar-refractivity contribution >= 4 is 40.7 Å². The first-order chi connectivity index (χ1) is 14.3. The molecule has 0 atom stereocenters. The number of carbonyl (C=O) groups is 1. The number of hydrogen-bond donors (Lipinski definition) is 0. The molecule has 0 radical (unpaired) electrons. The Bertz CT molecular complexity index is 976. The molecule has 0 fully saturated rings. The third-order valence-electron chi connectivity index (χ3n) is 4.91. The van der Waals surface area contributed by atoms with Crippen LogP contribution in [0.25, 0.3) is 0 Å². The molecular weight excluding hydrogens is 397 g/mol. The lowest BCUT2D eigenvalue weighted by atomic mass is 10.2. The highest BCUT2D eigenvalue weighted by molar-refractivity contribution is 8.03. The molecule has 5 heteroatoms. The third-order valence-corrected chi connectivity index (χ3v) is 9.70. The van der Waals surface area contributed by atoms with Gasteiger partial charge >= 0.3 is 5.97 Å². The molecule has 1 heterocycles. The monoisotopic (exact) mass is 419 g/mol. The number of benzene rings is 3. The highest BCUT2D eigenvalue weighted by Crippen LogP contribution is 2.50. The third kappa shape index (κ3) is 3.83. The van der Waals surface area contributed by atoms with Gasteiger partial charge in [0.05, 0.1) is 19.7 Å². The van der Waals surface area contributed by atoms with Gasteiger partial charge in [0.15, 0.2) is 0 Å². The van der Waals surface area contributed by atoms with Crippen molar-refractivity contribution in [2.24, 2.45) is 4.74 Å². The Morgan fingerprint density at radius 2 is 1.28 bits per heavy atom. The second-order valence-corrected chi connectivity index (χ2v) is 10.7. The van der Waals surface area contributed by atoms with Gasteiger partial charge in [-0.3, -0.25) is 0 Å². The number of rotatable bonds is 5. The summed E-state index contributed by atoms with van der Waals surface area (Å²) in [7, 11) is -0.917. The Balaban J connectivity index is 2.11. The fourth-order valence-electron chi connectivity index (χ4n) is 3.53. The quantitative estimate of drug-likeness (QED) is 0.445. The zero-order valence-electron chi connectivity index (χ0n) is 16.2. The molecule has 0 aliphatic carbocycles. The number of esters is 1. The summed E-state index contributed by atoms with van der Waals surface area (Å²) in [5.41, 5.74) is 0.685. The van der Waals surface area contributed by atoms with E-state index < -0.39 is 7.05 Å². The average molecular weight is 419 g/mol. The molecule has 3 aromatic rings. The SMILES string of the molecule is COC(=O)C1=C(N=P(c2ccccc2)(c2ccccc2)c2ccccc2)SCC1. The minimum Gasteiger partial charge on any atom is -0.466 e. The first kappa shape index (κ1) is 19.8. The van der Waals surface area contributed by atoms with Crippen LogP contribution in [0, 0.1) is 0 Å². The van der Waals surface area contributed by atoms with E-state index in [9.17, 15) is 4.79 Å². The first-order valence-electron chi connectivity index (χ1n) is 9.49. The zero-order valence-corrected chi connectivity index (χ0v) is 17.9. The van der Waals surface area contributed by atoms with Gasteiger partial charge in [-0.1, -0.05) is 91.0 Å². The first-order valence-corrected chi connectivity index (χ1v) is 12.2. The van der Waals surface area contributed by atoms with E-state index in [1.807, 2.05) is 18.2 Å². The van der Waals surface area contributed by atoms with Crippen LogP contribution in [-0.2, 0) is 9.53 Å². The van der Waals surface area contributed by atoms with E-state index >= 15 is 0 Å². The Hall–Kier alpha value is -2.55. The van der Waals surface area contributed by atoms with E-state index in [0.717, 1.165) is 10.8 Å². The molecule has 0 spiro atoms. The van der Waals surface area contributed by atoms with Gasteiger partial charge in [0.2, 0.25) is 0 Å². The Morgan fingerprint density at radius 1 is 0.828 bits per heavy atom. The highest BCUT2D eigenvalue weighted by Gasteiger charge is 2.30. The van der Waals surface area contributed by atoms with Gasteiger partial charge in [-0.2, -0.15) is 0 Å². The maximum absolute atomic E-state index is 12.4. The molecule has 0 bridgehead atoms. The molecule has 29 heavy (non-hydrogen) atoms. The van der Waals surface area contributed by atoms with Gasteiger partial charge in [0, 0.05) is 21.7 Å². The van der Waals surface area contributed by atoms with Crippen LogP contribution in [-0.4, -0.2) is 18.8 Å². The van der Waals surface area contributed by atoms with Crippen LogP contribution < -0.4 is 15.9 Å². The number of nitrogens with zero attached hydrogens (tertiary/aromatic N) is 1. The smallest absolute Gasteiger partial charge is 0.336 e. The summed E-state index contributed by atoms with van der Waals surface area (Å²) in [6.45, 7) is 0. The summed E-state index contributed by atoms with van der Waals surface area (Å²) in [5, 5.41) is 4.31. The summed E-state index contributed by atoms with van der Waals surface area (Å²) in [5.74, 6) is 0.572. The summed E-state index contributed by atoms with van der Waals surface area (Å²) in [6, 6.07) is 31.3. The van der Waals surface area contributed by atoms with E-state index in [1.54, 1.807) is 11.8 Å². The van der Waals surface area contributed by atoms with Crippen LogP contribution >= 0.6 is 18.8 Å². The normalized spacial score (nSPS) is 14.0. The number of hydrogen-bond acceptors (Lipinski definition) is 4. The Labute approximate surface area is 175 Å². The van der Waals surface area contributed by atoms with Crippen molar-refractivity contribution in [1.29, 1.82) is 0 Å². The van der Waals surface area contributed by atoms with E-state index in [0.29, 0.717) is 12.0 Å². The van der Waals surface area contributed by atoms with Crippen LogP contribution in [0.4, 0.5) is 0 Å². The number of thioether (sulfide) groups is 1. The molecule has 0 N–H and O–H groups in total. The van der Waals surface area contributed by atoms with Gasteiger partial charge in [0.25, 0.3) is 0 Å². The molecule has 0 unspecified atom stereocenters. The molecule has 0 saturated carbocycles. The van der Waals surface area contributed by atoms with Gasteiger partial charge in [-0.25, -0.2) is 9.54 Å². The maximum atomic E-state index is 12.4. The predicted octanol–water partition coefficient (Wildman–Crippen LogP) is 4.69. The second kappa shape index (κ2) is 8.86. The molecule has 3 aromatic carbocycles. The lowest BCUT2D eigenvalue weighted by Gasteiger charge is -2.27. The van der Waals surface area contributed by atoms with Crippen LogP contribution in [0.15, 0.2) is 106 Å². The van der Waals surface area contributed by atoms with Crippen LogP contribution in [0.3, 0.4) is 0 Å². The molecule has 0 saturated heterocycles. The number of carbonyl (C=O) groups excluding carboxylic acids is 1. The van der Waals surface area contributed by atoms with Crippen LogP contribution in [0.5, 0.6) is 0 Å². The van der Waals surface area contributed by atoms with Crippen molar-refractivity contribution in [3.8, 4) is 0 Å².